The number of imidazole rings is 1. The Hall–Kier alpha value is -3.42. The molecule has 7 nitrogen and oxygen atoms in total. The number of nitrogens with zero attached hydrogens (tertiary/aromatic N) is 5. The first-order valence-corrected chi connectivity index (χ1v) is 11.6. The summed E-state index contributed by atoms with van der Waals surface area (Å²) in [5, 5.41) is 10.8. The Morgan fingerprint density at radius 1 is 1.09 bits per heavy atom. The highest BCUT2D eigenvalue weighted by molar-refractivity contribution is 6.33. The largest absolute Gasteiger partial charge is 0.386 e. The molecular formula is C26H26ClN5O2. The van der Waals surface area contributed by atoms with E-state index in [1.807, 2.05) is 60.0 Å². The van der Waals surface area contributed by atoms with Gasteiger partial charge in [-0.1, -0.05) is 23.7 Å². The standard InChI is InChI=1S/C26H26ClN5O2/c1-17-25(29-23-6-4-5-11-31(17)23)20-14-19(8-9-21(20)27)30-12-13-32(24(33)16-30)22-10-7-18(15-28-22)26(2,3)34/h4-11,14-15,34H,12-13,16H2,1-3H3. The molecule has 1 saturated heterocycles. The number of rotatable bonds is 4. The third kappa shape index (κ3) is 4.02. The van der Waals surface area contributed by atoms with E-state index < -0.39 is 5.60 Å². The first-order valence-electron chi connectivity index (χ1n) is 11.2. The lowest BCUT2D eigenvalue weighted by Gasteiger charge is -2.35. The lowest BCUT2D eigenvalue weighted by atomic mass is 10.0. The molecule has 1 N–H and O–H groups in total. The van der Waals surface area contributed by atoms with Gasteiger partial charge in [-0.15, -0.1) is 0 Å². The van der Waals surface area contributed by atoms with Crippen molar-refractivity contribution < 1.29 is 9.90 Å². The van der Waals surface area contributed by atoms with Gasteiger partial charge in [-0.3, -0.25) is 9.69 Å². The van der Waals surface area contributed by atoms with Gasteiger partial charge in [0, 0.05) is 48.0 Å². The molecule has 4 aromatic rings. The topological polar surface area (TPSA) is 74.0 Å². The normalized spacial score (nSPS) is 14.8. The molecule has 4 heterocycles. The van der Waals surface area contributed by atoms with Gasteiger partial charge in [0.05, 0.1) is 22.9 Å². The summed E-state index contributed by atoms with van der Waals surface area (Å²) in [7, 11) is 0. The molecule has 0 aliphatic carbocycles. The first-order chi connectivity index (χ1) is 16.2. The molecular weight excluding hydrogens is 450 g/mol. The van der Waals surface area contributed by atoms with Crippen molar-refractivity contribution in [1.29, 1.82) is 0 Å². The van der Waals surface area contributed by atoms with Crippen molar-refractivity contribution in [1.82, 2.24) is 14.4 Å². The van der Waals surface area contributed by atoms with E-state index in [-0.39, 0.29) is 12.5 Å². The van der Waals surface area contributed by atoms with Gasteiger partial charge in [-0.05, 0) is 57.2 Å². The summed E-state index contributed by atoms with van der Waals surface area (Å²) >= 11 is 6.58. The van der Waals surface area contributed by atoms with Crippen LogP contribution >= 0.6 is 11.6 Å². The van der Waals surface area contributed by atoms with Crippen LogP contribution in [0.25, 0.3) is 16.9 Å². The minimum Gasteiger partial charge on any atom is -0.386 e. The van der Waals surface area contributed by atoms with Gasteiger partial charge in [-0.25, -0.2) is 9.97 Å². The molecule has 0 saturated carbocycles. The summed E-state index contributed by atoms with van der Waals surface area (Å²) in [6.07, 6.45) is 3.61. The Morgan fingerprint density at radius 3 is 2.59 bits per heavy atom. The van der Waals surface area contributed by atoms with E-state index in [1.165, 1.54) is 0 Å². The molecule has 1 amide bonds. The average Bonchev–Trinajstić information content (AvgIpc) is 3.15. The maximum absolute atomic E-state index is 13.0. The van der Waals surface area contributed by atoms with E-state index in [0.29, 0.717) is 29.5 Å². The number of benzene rings is 1. The molecule has 34 heavy (non-hydrogen) atoms. The van der Waals surface area contributed by atoms with Crippen LogP contribution in [-0.2, 0) is 10.4 Å². The Morgan fingerprint density at radius 2 is 1.91 bits per heavy atom. The number of anilines is 2. The van der Waals surface area contributed by atoms with E-state index in [0.717, 1.165) is 28.3 Å². The lowest BCUT2D eigenvalue weighted by Crippen LogP contribution is -2.51. The number of carbonyl (C=O) groups excluding carboxylic acids is 1. The average molecular weight is 476 g/mol. The number of amides is 1. The Balaban J connectivity index is 1.39. The van der Waals surface area contributed by atoms with Crippen molar-refractivity contribution in [2.75, 3.05) is 29.4 Å². The monoisotopic (exact) mass is 475 g/mol. The number of hydrogen-bond acceptors (Lipinski definition) is 5. The van der Waals surface area contributed by atoms with Gasteiger partial charge >= 0.3 is 0 Å². The van der Waals surface area contributed by atoms with Crippen molar-refractivity contribution in [3.05, 3.63) is 77.2 Å². The van der Waals surface area contributed by atoms with Crippen LogP contribution in [0.1, 0.15) is 25.1 Å². The molecule has 0 radical (unpaired) electrons. The Labute approximate surface area is 203 Å². The van der Waals surface area contributed by atoms with Crippen LogP contribution in [0.2, 0.25) is 5.02 Å². The predicted molar refractivity (Wildman–Crippen MR) is 134 cm³/mol. The van der Waals surface area contributed by atoms with Crippen LogP contribution in [0.4, 0.5) is 11.5 Å². The summed E-state index contributed by atoms with van der Waals surface area (Å²) < 4.78 is 2.04. The number of aliphatic hydroxyl groups is 1. The molecule has 1 aromatic carbocycles. The van der Waals surface area contributed by atoms with Crippen LogP contribution < -0.4 is 9.80 Å². The molecule has 0 atom stereocenters. The van der Waals surface area contributed by atoms with Crippen molar-refractivity contribution in [3.8, 4) is 11.3 Å². The van der Waals surface area contributed by atoms with Gasteiger partial charge in [0.2, 0.25) is 5.91 Å². The SMILES string of the molecule is Cc1c(-c2cc(N3CCN(c4ccc(C(C)(C)O)cn4)C(=O)C3)ccc2Cl)nc2ccccn12. The Kier molecular flexibility index (Phi) is 5.54. The third-order valence-corrected chi connectivity index (χ3v) is 6.62. The molecule has 0 spiro atoms. The number of carbonyl (C=O) groups is 1. The molecule has 5 rings (SSSR count). The van der Waals surface area contributed by atoms with Crippen molar-refractivity contribution >= 4 is 34.7 Å². The predicted octanol–water partition coefficient (Wildman–Crippen LogP) is 4.44. The maximum atomic E-state index is 13.0. The highest BCUT2D eigenvalue weighted by atomic mass is 35.5. The first kappa shape index (κ1) is 22.4. The molecule has 3 aromatic heterocycles. The smallest absolute Gasteiger partial charge is 0.247 e. The van der Waals surface area contributed by atoms with E-state index in [1.54, 1.807) is 31.0 Å². The number of aromatic nitrogens is 3. The molecule has 1 fully saturated rings. The number of aryl methyl sites for hydroxylation is 1. The minimum absolute atomic E-state index is 0.0323. The van der Waals surface area contributed by atoms with Crippen molar-refractivity contribution in [2.24, 2.45) is 0 Å². The van der Waals surface area contributed by atoms with E-state index in [2.05, 4.69) is 9.88 Å². The number of halogens is 1. The zero-order valence-corrected chi connectivity index (χ0v) is 20.1. The summed E-state index contributed by atoms with van der Waals surface area (Å²) in [4.78, 5) is 25.9. The van der Waals surface area contributed by atoms with Crippen LogP contribution in [0, 0.1) is 6.92 Å². The zero-order chi connectivity index (χ0) is 24.0. The van der Waals surface area contributed by atoms with Crippen LogP contribution in [-0.4, -0.2) is 45.0 Å². The van der Waals surface area contributed by atoms with Crippen molar-refractivity contribution in [2.45, 2.75) is 26.4 Å². The molecule has 0 unspecified atom stereocenters. The van der Waals surface area contributed by atoms with Crippen molar-refractivity contribution in [3.63, 3.8) is 0 Å². The van der Waals surface area contributed by atoms with Crippen LogP contribution in [0.15, 0.2) is 60.9 Å². The Bertz CT molecular complexity index is 1370. The number of hydrogen-bond donors (Lipinski definition) is 1. The second-order valence-electron chi connectivity index (χ2n) is 9.07. The second-order valence-corrected chi connectivity index (χ2v) is 9.48. The number of pyridine rings is 2. The van der Waals surface area contributed by atoms with Crippen LogP contribution in [0.5, 0.6) is 0 Å². The van der Waals surface area contributed by atoms with Gasteiger partial charge in [0.15, 0.2) is 0 Å². The van der Waals surface area contributed by atoms with Gasteiger partial charge in [0.1, 0.15) is 11.5 Å². The third-order valence-electron chi connectivity index (χ3n) is 6.29. The van der Waals surface area contributed by atoms with Gasteiger partial charge in [-0.2, -0.15) is 0 Å². The summed E-state index contributed by atoms with van der Waals surface area (Å²) in [5.41, 5.74) is 4.21. The summed E-state index contributed by atoms with van der Waals surface area (Å²) in [5.74, 6) is 0.560. The van der Waals surface area contributed by atoms with E-state index in [9.17, 15) is 9.90 Å². The summed E-state index contributed by atoms with van der Waals surface area (Å²) in [6, 6.07) is 15.3. The minimum atomic E-state index is -0.972. The van der Waals surface area contributed by atoms with Crippen LogP contribution in [0.3, 0.4) is 0 Å². The van der Waals surface area contributed by atoms with E-state index >= 15 is 0 Å². The lowest BCUT2D eigenvalue weighted by molar-refractivity contribution is -0.117. The van der Waals surface area contributed by atoms with Gasteiger partial charge in [0.25, 0.3) is 0 Å². The molecule has 1 aliphatic rings. The number of piperazine rings is 1. The highest BCUT2D eigenvalue weighted by Gasteiger charge is 2.27. The zero-order valence-electron chi connectivity index (χ0n) is 19.4. The quantitative estimate of drug-likeness (QED) is 0.472. The molecule has 8 heteroatoms. The number of fused-ring (bicyclic) bond motifs is 1. The van der Waals surface area contributed by atoms with E-state index in [4.69, 9.17) is 16.6 Å². The molecule has 174 valence electrons. The van der Waals surface area contributed by atoms with Gasteiger partial charge < -0.3 is 14.4 Å². The fourth-order valence-electron chi connectivity index (χ4n) is 4.31. The fourth-order valence-corrected chi connectivity index (χ4v) is 4.52. The maximum Gasteiger partial charge on any atom is 0.247 e. The molecule has 1 aliphatic heterocycles. The fraction of sp³-hybridized carbons (Fsp3) is 0.269. The molecule has 0 bridgehead atoms. The second kappa shape index (κ2) is 8.42. The summed E-state index contributed by atoms with van der Waals surface area (Å²) in [6.45, 7) is 6.85. The highest BCUT2D eigenvalue weighted by Crippen LogP contribution is 2.34.